The molecular weight excluding hydrogens is 524 g/mol. The number of nitrogens with one attached hydrogen (secondary N) is 1. The van der Waals surface area contributed by atoms with E-state index in [4.69, 9.17) is 9.51 Å². The molecule has 11 heteroatoms. The van der Waals surface area contributed by atoms with E-state index in [0.717, 1.165) is 90.5 Å². The number of aromatic amines is 1. The summed E-state index contributed by atoms with van der Waals surface area (Å²) in [6.45, 7) is 10.5. The lowest BCUT2D eigenvalue weighted by Gasteiger charge is -2.31. The second kappa shape index (κ2) is 10.1. The van der Waals surface area contributed by atoms with Crippen LogP contribution in [0.4, 0.5) is 0 Å². The molecule has 2 aliphatic heterocycles. The average Bonchev–Trinajstić information content (AvgIpc) is 3.75. The minimum Gasteiger partial charge on any atom is -0.354 e. The number of carbonyl (C=O) groups is 1. The van der Waals surface area contributed by atoms with Gasteiger partial charge in [0.1, 0.15) is 6.33 Å². The molecule has 2 saturated heterocycles. The van der Waals surface area contributed by atoms with Crippen LogP contribution >= 0.6 is 11.3 Å². The molecule has 5 aromatic rings. The Morgan fingerprint density at radius 2 is 2.05 bits per heavy atom. The van der Waals surface area contributed by atoms with Crippen molar-refractivity contribution < 1.29 is 9.32 Å². The van der Waals surface area contributed by atoms with Crippen LogP contribution in [0.25, 0.3) is 37.9 Å². The first kappa shape index (κ1) is 25.4. The van der Waals surface area contributed by atoms with Gasteiger partial charge < -0.3 is 14.4 Å². The number of H-pyrrole nitrogens is 1. The molecule has 0 radical (unpaired) electrons. The van der Waals surface area contributed by atoms with Crippen molar-refractivity contribution in [1.29, 1.82) is 0 Å². The molecule has 1 unspecified atom stereocenters. The summed E-state index contributed by atoms with van der Waals surface area (Å²) in [5.74, 6) is 2.04. The molecule has 7 heterocycles. The molecule has 1 N–H and O–H groups in total. The zero-order valence-corrected chi connectivity index (χ0v) is 24.0. The topological polar surface area (TPSA) is 108 Å². The van der Waals surface area contributed by atoms with Gasteiger partial charge in [0, 0.05) is 37.3 Å². The summed E-state index contributed by atoms with van der Waals surface area (Å²) in [7, 11) is 0. The SMILES string of the molecule is Cc1cc(-c2[nH]c3cc(-c4nc(C5CCCN(CC(=O)N6CCCC6)C5)no4)sc3c2C(C)C)cn2ncnc12. The van der Waals surface area contributed by atoms with Crippen molar-refractivity contribution >= 4 is 33.1 Å². The largest absolute Gasteiger partial charge is 0.354 e. The molecule has 0 spiro atoms. The van der Waals surface area contributed by atoms with E-state index in [2.05, 4.69) is 58.0 Å². The number of piperidine rings is 1. The number of rotatable bonds is 6. The van der Waals surface area contributed by atoms with Gasteiger partial charge in [-0.15, -0.1) is 11.3 Å². The summed E-state index contributed by atoms with van der Waals surface area (Å²) in [6, 6.07) is 4.29. The van der Waals surface area contributed by atoms with E-state index in [9.17, 15) is 4.79 Å². The van der Waals surface area contributed by atoms with Gasteiger partial charge in [-0.1, -0.05) is 19.0 Å². The van der Waals surface area contributed by atoms with Crippen LogP contribution in [0.5, 0.6) is 0 Å². The highest BCUT2D eigenvalue weighted by Gasteiger charge is 2.29. The van der Waals surface area contributed by atoms with Gasteiger partial charge in [0.2, 0.25) is 5.91 Å². The maximum absolute atomic E-state index is 12.7. The zero-order chi connectivity index (χ0) is 27.4. The minimum absolute atomic E-state index is 0.176. The van der Waals surface area contributed by atoms with E-state index in [1.807, 2.05) is 15.6 Å². The van der Waals surface area contributed by atoms with E-state index < -0.39 is 0 Å². The fourth-order valence-electron chi connectivity index (χ4n) is 6.28. The van der Waals surface area contributed by atoms with Gasteiger partial charge in [-0.2, -0.15) is 10.1 Å². The quantitative estimate of drug-likeness (QED) is 0.304. The molecule has 2 aliphatic rings. The molecule has 2 fully saturated rings. The number of amides is 1. The normalized spacial score (nSPS) is 18.6. The smallest absolute Gasteiger partial charge is 0.268 e. The number of hydrogen-bond donors (Lipinski definition) is 1. The molecule has 0 aliphatic carbocycles. The van der Waals surface area contributed by atoms with Crippen molar-refractivity contribution in [2.75, 3.05) is 32.7 Å². The van der Waals surface area contributed by atoms with Gasteiger partial charge in [-0.05, 0) is 68.3 Å². The number of fused-ring (bicyclic) bond motifs is 2. The molecule has 0 aromatic carbocycles. The van der Waals surface area contributed by atoms with Crippen LogP contribution in [0.1, 0.15) is 68.3 Å². The Bertz CT molecular complexity index is 1690. The van der Waals surface area contributed by atoms with E-state index in [-0.39, 0.29) is 11.8 Å². The summed E-state index contributed by atoms with van der Waals surface area (Å²) in [4.78, 5) is 30.8. The third-order valence-electron chi connectivity index (χ3n) is 8.27. The first-order valence-electron chi connectivity index (χ1n) is 14.2. The van der Waals surface area contributed by atoms with Gasteiger partial charge in [-0.3, -0.25) is 9.69 Å². The van der Waals surface area contributed by atoms with E-state index in [1.165, 1.54) is 10.3 Å². The van der Waals surface area contributed by atoms with Crippen molar-refractivity contribution in [3.63, 3.8) is 0 Å². The highest BCUT2D eigenvalue weighted by Crippen LogP contribution is 2.42. The number of carbonyl (C=O) groups excluding carboxylic acids is 1. The van der Waals surface area contributed by atoms with Crippen LogP contribution in [0, 0.1) is 6.92 Å². The van der Waals surface area contributed by atoms with Gasteiger partial charge >= 0.3 is 0 Å². The number of hydrogen-bond acceptors (Lipinski definition) is 8. The Kier molecular flexibility index (Phi) is 6.42. The van der Waals surface area contributed by atoms with Gasteiger partial charge in [-0.25, -0.2) is 9.50 Å². The molecular formula is C29H34N8O2S. The Balaban J connectivity index is 1.13. The Morgan fingerprint density at radius 1 is 1.20 bits per heavy atom. The number of likely N-dealkylation sites (tertiary alicyclic amines) is 2. The molecule has 1 amide bonds. The Morgan fingerprint density at radius 3 is 2.88 bits per heavy atom. The number of nitrogens with zero attached hydrogens (tertiary/aromatic N) is 7. The molecule has 0 bridgehead atoms. The highest BCUT2D eigenvalue weighted by molar-refractivity contribution is 7.22. The van der Waals surface area contributed by atoms with Gasteiger partial charge in [0.15, 0.2) is 11.5 Å². The number of thiophene rings is 1. The Labute approximate surface area is 236 Å². The van der Waals surface area contributed by atoms with E-state index in [0.29, 0.717) is 18.4 Å². The summed E-state index contributed by atoms with van der Waals surface area (Å²) in [5.41, 5.74) is 6.50. The van der Waals surface area contributed by atoms with E-state index in [1.54, 1.807) is 17.7 Å². The second-order valence-electron chi connectivity index (χ2n) is 11.5. The van der Waals surface area contributed by atoms with Crippen LogP contribution in [0.2, 0.25) is 0 Å². The highest BCUT2D eigenvalue weighted by atomic mass is 32.1. The molecule has 0 saturated carbocycles. The molecule has 1 atom stereocenters. The molecule has 5 aromatic heterocycles. The lowest BCUT2D eigenvalue weighted by atomic mass is 9.97. The van der Waals surface area contributed by atoms with E-state index >= 15 is 0 Å². The van der Waals surface area contributed by atoms with Crippen LogP contribution in [0.15, 0.2) is 29.2 Å². The maximum atomic E-state index is 12.7. The second-order valence-corrected chi connectivity index (χ2v) is 12.5. The van der Waals surface area contributed by atoms with Crippen molar-refractivity contribution in [3.05, 3.63) is 41.6 Å². The van der Waals surface area contributed by atoms with Crippen molar-refractivity contribution in [1.82, 2.24) is 39.5 Å². The first-order valence-corrected chi connectivity index (χ1v) is 15.1. The number of pyridine rings is 1. The molecule has 40 heavy (non-hydrogen) atoms. The molecule has 10 nitrogen and oxygen atoms in total. The average molecular weight is 559 g/mol. The first-order chi connectivity index (χ1) is 19.4. The summed E-state index contributed by atoms with van der Waals surface area (Å²) >= 11 is 1.69. The summed E-state index contributed by atoms with van der Waals surface area (Å²) < 4.78 is 8.84. The van der Waals surface area contributed by atoms with Crippen LogP contribution < -0.4 is 0 Å². The van der Waals surface area contributed by atoms with Crippen LogP contribution in [-0.2, 0) is 4.79 Å². The van der Waals surface area contributed by atoms with Crippen molar-refractivity contribution in [3.8, 4) is 22.0 Å². The molecule has 7 rings (SSSR count). The van der Waals surface area contributed by atoms with Gasteiger partial charge in [0.25, 0.3) is 5.89 Å². The predicted molar refractivity (Wildman–Crippen MR) is 155 cm³/mol. The minimum atomic E-state index is 0.176. The van der Waals surface area contributed by atoms with Crippen LogP contribution in [0.3, 0.4) is 0 Å². The van der Waals surface area contributed by atoms with Gasteiger partial charge in [0.05, 0.1) is 27.3 Å². The summed E-state index contributed by atoms with van der Waals surface area (Å²) in [5, 5.41) is 8.75. The zero-order valence-electron chi connectivity index (χ0n) is 23.2. The lowest BCUT2D eigenvalue weighted by Crippen LogP contribution is -2.43. The predicted octanol–water partition coefficient (Wildman–Crippen LogP) is 5.22. The van der Waals surface area contributed by atoms with Crippen molar-refractivity contribution in [2.45, 2.75) is 58.3 Å². The van der Waals surface area contributed by atoms with Crippen molar-refractivity contribution in [2.24, 2.45) is 0 Å². The fraction of sp³-hybridized carbons (Fsp3) is 0.483. The van der Waals surface area contributed by atoms with Crippen LogP contribution in [-0.4, -0.2) is 78.2 Å². The lowest BCUT2D eigenvalue weighted by molar-refractivity contribution is -0.131. The third-order valence-corrected chi connectivity index (χ3v) is 9.43. The number of aromatic nitrogens is 6. The summed E-state index contributed by atoms with van der Waals surface area (Å²) in [6.07, 6.45) is 7.91. The third kappa shape index (κ3) is 4.50. The maximum Gasteiger partial charge on any atom is 0.268 e. The monoisotopic (exact) mass is 558 g/mol. The Hall–Kier alpha value is -3.57. The standard InChI is InChI=1S/C29H34N8O2S/c1-17(2)24-25(20-11-18(3)28-30-16-31-37(28)14-20)32-21-12-22(40-26(21)24)29-33-27(34-39-29)19-7-6-8-35(13-19)15-23(38)36-9-4-5-10-36/h11-12,14,16-17,19,32H,4-10,13,15H2,1-3H3. The fourth-order valence-corrected chi connectivity index (χ4v) is 7.52. The molecule has 208 valence electrons. The number of aryl methyl sites for hydroxylation is 1.